The average Bonchev–Trinajstić information content (AvgIpc) is 2.86. The summed E-state index contributed by atoms with van der Waals surface area (Å²) in [6.45, 7) is 1.99. The van der Waals surface area contributed by atoms with Crippen LogP contribution in [0.4, 0.5) is 0 Å². The van der Waals surface area contributed by atoms with Gasteiger partial charge in [-0.05, 0) is 18.4 Å². The molecule has 0 aliphatic heterocycles. The summed E-state index contributed by atoms with van der Waals surface area (Å²) in [6, 6.07) is 10.1. The van der Waals surface area contributed by atoms with Crippen LogP contribution in [0, 0.1) is 0 Å². The van der Waals surface area contributed by atoms with Gasteiger partial charge in [-0.25, -0.2) is 0 Å². The molecule has 0 saturated heterocycles. The van der Waals surface area contributed by atoms with Crippen LogP contribution in [0.2, 0.25) is 0 Å². The largest absolute Gasteiger partial charge is 0.338 e. The third-order valence-electron chi connectivity index (χ3n) is 2.70. The van der Waals surface area contributed by atoms with Crippen molar-refractivity contribution < 1.29 is 4.52 Å². The molecule has 1 heterocycles. The van der Waals surface area contributed by atoms with Crippen LogP contribution >= 0.6 is 0 Å². The first-order valence-electron chi connectivity index (χ1n) is 5.91. The summed E-state index contributed by atoms with van der Waals surface area (Å²) < 4.78 is 5.12. The van der Waals surface area contributed by atoms with Gasteiger partial charge in [-0.2, -0.15) is 4.98 Å². The number of nitrogens with two attached hydrogens (primary N) is 1. The number of benzene rings is 1. The highest BCUT2D eigenvalue weighted by Crippen LogP contribution is 2.15. The van der Waals surface area contributed by atoms with Crippen molar-refractivity contribution in [2.24, 2.45) is 5.73 Å². The molecule has 0 aliphatic carbocycles. The summed E-state index contributed by atoms with van der Waals surface area (Å²) in [4.78, 5) is 4.24. The summed E-state index contributed by atoms with van der Waals surface area (Å²) in [5, 5.41) is 3.84. The number of rotatable bonds is 5. The molecule has 1 aromatic carbocycles. The zero-order valence-electron chi connectivity index (χ0n) is 9.97. The Hall–Kier alpha value is -1.68. The fourth-order valence-corrected chi connectivity index (χ4v) is 1.65. The molecule has 0 saturated carbocycles. The van der Waals surface area contributed by atoms with Gasteiger partial charge in [-0.1, -0.05) is 42.4 Å². The van der Waals surface area contributed by atoms with E-state index in [0.29, 0.717) is 5.89 Å². The number of hydrogen-bond acceptors (Lipinski definition) is 4. The van der Waals surface area contributed by atoms with Gasteiger partial charge in [0, 0.05) is 6.42 Å². The summed E-state index contributed by atoms with van der Waals surface area (Å²) in [5.41, 5.74) is 7.29. The molecule has 1 atom stereocenters. The van der Waals surface area contributed by atoms with E-state index >= 15 is 0 Å². The van der Waals surface area contributed by atoms with Crippen LogP contribution in [0.25, 0.3) is 0 Å². The lowest BCUT2D eigenvalue weighted by Gasteiger charge is -2.06. The Bertz CT molecular complexity index is 453. The lowest BCUT2D eigenvalue weighted by atomic mass is 10.1. The molecule has 0 unspecified atom stereocenters. The Labute approximate surface area is 101 Å². The van der Waals surface area contributed by atoms with E-state index in [9.17, 15) is 0 Å². The lowest BCUT2D eigenvalue weighted by Crippen LogP contribution is -2.11. The molecule has 4 nitrogen and oxygen atoms in total. The normalized spacial score (nSPS) is 12.6. The molecule has 2 aromatic rings. The van der Waals surface area contributed by atoms with Crippen molar-refractivity contribution in [1.29, 1.82) is 0 Å². The van der Waals surface area contributed by atoms with Crippen molar-refractivity contribution in [1.82, 2.24) is 10.1 Å². The van der Waals surface area contributed by atoms with Gasteiger partial charge >= 0.3 is 0 Å². The van der Waals surface area contributed by atoms with Gasteiger partial charge in [0.25, 0.3) is 0 Å². The van der Waals surface area contributed by atoms with Crippen LogP contribution in [0.1, 0.15) is 36.7 Å². The van der Waals surface area contributed by atoms with Gasteiger partial charge in [0.2, 0.25) is 5.89 Å². The summed E-state index contributed by atoms with van der Waals surface area (Å²) in [6.07, 6.45) is 2.51. The van der Waals surface area contributed by atoms with Gasteiger partial charge in [-0.3, -0.25) is 0 Å². The third-order valence-corrected chi connectivity index (χ3v) is 2.70. The quantitative estimate of drug-likeness (QED) is 0.857. The molecular formula is C13H17N3O. The lowest BCUT2D eigenvalue weighted by molar-refractivity contribution is 0.345. The third kappa shape index (κ3) is 3.14. The second kappa shape index (κ2) is 5.59. The maximum absolute atomic E-state index is 6.01. The first-order chi connectivity index (χ1) is 8.29. The summed E-state index contributed by atoms with van der Waals surface area (Å²) in [5.74, 6) is 1.26. The van der Waals surface area contributed by atoms with E-state index in [4.69, 9.17) is 10.3 Å². The molecule has 0 spiro atoms. The Balaban J connectivity index is 1.91. The van der Waals surface area contributed by atoms with Crippen molar-refractivity contribution in [2.75, 3.05) is 0 Å². The number of aryl methyl sites for hydroxylation is 2. The number of nitrogens with zero attached hydrogens (tertiary/aromatic N) is 2. The Kier molecular flexibility index (Phi) is 3.88. The SMILES string of the molecule is CCc1noc([C@@H](N)CCc2ccccc2)n1. The molecule has 0 radical (unpaired) electrons. The van der Waals surface area contributed by atoms with Crippen molar-refractivity contribution in [3.05, 3.63) is 47.6 Å². The van der Waals surface area contributed by atoms with Crippen molar-refractivity contribution >= 4 is 0 Å². The predicted octanol–water partition coefficient (Wildman–Crippen LogP) is 2.26. The highest BCUT2D eigenvalue weighted by atomic mass is 16.5. The minimum absolute atomic E-state index is 0.178. The molecule has 0 aliphatic rings. The number of hydrogen-bond donors (Lipinski definition) is 1. The highest BCUT2D eigenvalue weighted by molar-refractivity contribution is 5.15. The molecule has 90 valence electrons. The standard InChI is InChI=1S/C13H17N3O/c1-2-12-15-13(17-16-12)11(14)9-8-10-6-4-3-5-7-10/h3-7,11H,2,8-9,14H2,1H3/t11-/m0/s1. The van der Waals surface area contributed by atoms with E-state index in [-0.39, 0.29) is 6.04 Å². The van der Waals surface area contributed by atoms with Crippen molar-refractivity contribution in [3.8, 4) is 0 Å². The average molecular weight is 231 g/mol. The van der Waals surface area contributed by atoms with E-state index in [1.54, 1.807) is 0 Å². The van der Waals surface area contributed by atoms with Gasteiger partial charge < -0.3 is 10.3 Å². The van der Waals surface area contributed by atoms with Crippen LogP contribution in [0.5, 0.6) is 0 Å². The van der Waals surface area contributed by atoms with E-state index in [2.05, 4.69) is 22.3 Å². The van der Waals surface area contributed by atoms with E-state index in [0.717, 1.165) is 25.1 Å². The molecule has 17 heavy (non-hydrogen) atoms. The van der Waals surface area contributed by atoms with Crippen LogP contribution in [0.15, 0.2) is 34.9 Å². The topological polar surface area (TPSA) is 64.9 Å². The van der Waals surface area contributed by atoms with Crippen molar-refractivity contribution in [2.45, 2.75) is 32.2 Å². The fourth-order valence-electron chi connectivity index (χ4n) is 1.65. The van der Waals surface area contributed by atoms with E-state index in [1.807, 2.05) is 25.1 Å². The molecule has 0 fully saturated rings. The molecule has 4 heteroatoms. The van der Waals surface area contributed by atoms with Crippen LogP contribution in [-0.4, -0.2) is 10.1 Å². The maximum atomic E-state index is 6.01. The minimum atomic E-state index is -0.178. The Morgan fingerprint density at radius 3 is 2.71 bits per heavy atom. The van der Waals surface area contributed by atoms with Gasteiger partial charge in [0.05, 0.1) is 6.04 Å². The molecule has 1 aromatic heterocycles. The van der Waals surface area contributed by atoms with Crippen LogP contribution < -0.4 is 5.73 Å². The maximum Gasteiger partial charge on any atom is 0.243 e. The highest BCUT2D eigenvalue weighted by Gasteiger charge is 2.13. The van der Waals surface area contributed by atoms with E-state index < -0.39 is 0 Å². The van der Waals surface area contributed by atoms with E-state index in [1.165, 1.54) is 5.56 Å². The zero-order chi connectivity index (χ0) is 12.1. The molecule has 0 amide bonds. The summed E-state index contributed by atoms with van der Waals surface area (Å²) >= 11 is 0. The second-order valence-electron chi connectivity index (χ2n) is 4.03. The van der Waals surface area contributed by atoms with Crippen LogP contribution in [-0.2, 0) is 12.8 Å². The monoisotopic (exact) mass is 231 g/mol. The van der Waals surface area contributed by atoms with Crippen molar-refractivity contribution in [3.63, 3.8) is 0 Å². The molecular weight excluding hydrogens is 214 g/mol. The number of aromatic nitrogens is 2. The molecule has 0 bridgehead atoms. The molecule has 2 N–H and O–H groups in total. The Morgan fingerprint density at radius 2 is 2.06 bits per heavy atom. The Morgan fingerprint density at radius 1 is 1.29 bits per heavy atom. The second-order valence-corrected chi connectivity index (χ2v) is 4.03. The van der Waals surface area contributed by atoms with Crippen LogP contribution in [0.3, 0.4) is 0 Å². The van der Waals surface area contributed by atoms with Gasteiger partial charge in [-0.15, -0.1) is 0 Å². The first kappa shape index (κ1) is 11.8. The summed E-state index contributed by atoms with van der Waals surface area (Å²) in [7, 11) is 0. The smallest absolute Gasteiger partial charge is 0.243 e. The van der Waals surface area contributed by atoms with Gasteiger partial charge in [0.1, 0.15) is 0 Å². The van der Waals surface area contributed by atoms with Gasteiger partial charge in [0.15, 0.2) is 5.82 Å². The minimum Gasteiger partial charge on any atom is -0.338 e. The zero-order valence-corrected chi connectivity index (χ0v) is 9.97. The predicted molar refractivity (Wildman–Crippen MR) is 65.4 cm³/mol. The fraction of sp³-hybridized carbons (Fsp3) is 0.385. The first-order valence-corrected chi connectivity index (χ1v) is 5.91. The molecule has 2 rings (SSSR count).